The van der Waals surface area contributed by atoms with E-state index in [1.165, 1.54) is 51.0 Å². The molecule has 0 unspecified atom stereocenters. The predicted octanol–water partition coefficient (Wildman–Crippen LogP) is 5.62. The van der Waals surface area contributed by atoms with Gasteiger partial charge in [-0.1, -0.05) is 70.4 Å². The maximum absolute atomic E-state index is 12.3. The summed E-state index contributed by atoms with van der Waals surface area (Å²) >= 11 is 0. The lowest BCUT2D eigenvalue weighted by Crippen LogP contribution is -2.30. The monoisotopic (exact) mass is 476 g/mol. The van der Waals surface area contributed by atoms with Crippen molar-refractivity contribution in [1.29, 1.82) is 0 Å². The molecule has 3 aromatic heterocycles. The van der Waals surface area contributed by atoms with E-state index in [2.05, 4.69) is 37.5 Å². The Balaban J connectivity index is 1.39. The highest BCUT2D eigenvalue weighted by atomic mass is 16.2. The molecule has 2 amide bonds. The van der Waals surface area contributed by atoms with Crippen molar-refractivity contribution >= 4 is 12.0 Å². The van der Waals surface area contributed by atoms with E-state index < -0.39 is 6.03 Å². The summed E-state index contributed by atoms with van der Waals surface area (Å²) in [5, 5.41) is 5.38. The lowest BCUT2D eigenvalue weighted by Gasteiger charge is -2.08. The van der Waals surface area contributed by atoms with Gasteiger partial charge in [-0.3, -0.25) is 25.1 Å². The molecule has 0 saturated carbocycles. The molecule has 0 saturated heterocycles. The number of aryl methyl sites for hydroxylation is 1. The topological polar surface area (TPSA) is 113 Å². The van der Waals surface area contributed by atoms with Gasteiger partial charge in [0.25, 0.3) is 5.56 Å². The largest absolute Gasteiger partial charge is 0.334 e. The average Bonchev–Trinajstić information content (AvgIpc) is 2.87. The van der Waals surface area contributed by atoms with Crippen LogP contribution in [0.4, 0.5) is 10.7 Å². The molecule has 0 aliphatic heterocycles. The van der Waals surface area contributed by atoms with Crippen molar-refractivity contribution in [3.05, 3.63) is 70.4 Å². The van der Waals surface area contributed by atoms with Gasteiger partial charge in [0, 0.05) is 30.7 Å². The van der Waals surface area contributed by atoms with Gasteiger partial charge in [0.15, 0.2) is 0 Å². The van der Waals surface area contributed by atoms with Crippen molar-refractivity contribution in [2.45, 2.75) is 77.7 Å². The van der Waals surface area contributed by atoms with Crippen LogP contribution in [0, 0.1) is 0 Å². The fraction of sp³-hybridized carbons (Fsp3) is 0.444. The highest BCUT2D eigenvalue weighted by Crippen LogP contribution is 2.14. The first-order chi connectivity index (χ1) is 17.1. The van der Waals surface area contributed by atoms with Gasteiger partial charge in [-0.15, -0.1) is 0 Å². The van der Waals surface area contributed by atoms with Crippen LogP contribution in [0.1, 0.15) is 76.0 Å². The number of nitrogens with one attached hydrogen (secondary N) is 3. The molecule has 3 aromatic rings. The fourth-order valence-electron chi connectivity index (χ4n) is 3.84. The van der Waals surface area contributed by atoms with Crippen molar-refractivity contribution < 1.29 is 4.79 Å². The number of pyridine rings is 2. The Hall–Kier alpha value is -3.55. The minimum atomic E-state index is -0.442. The molecule has 3 rings (SSSR count). The summed E-state index contributed by atoms with van der Waals surface area (Å²) in [6, 6.07) is 10.5. The van der Waals surface area contributed by atoms with Crippen molar-refractivity contribution in [3.63, 3.8) is 0 Å². The van der Waals surface area contributed by atoms with Gasteiger partial charge < -0.3 is 5.32 Å². The fourth-order valence-corrected chi connectivity index (χ4v) is 3.84. The molecule has 0 aliphatic rings. The van der Waals surface area contributed by atoms with Crippen molar-refractivity contribution in [3.8, 4) is 11.4 Å². The van der Waals surface area contributed by atoms with Crippen LogP contribution in [0.2, 0.25) is 0 Å². The van der Waals surface area contributed by atoms with Crippen molar-refractivity contribution in [1.82, 2.24) is 25.3 Å². The van der Waals surface area contributed by atoms with E-state index in [4.69, 9.17) is 0 Å². The molecular weight excluding hydrogens is 440 g/mol. The van der Waals surface area contributed by atoms with E-state index >= 15 is 0 Å². The Kier molecular flexibility index (Phi) is 10.9. The minimum Gasteiger partial charge on any atom is -0.334 e. The van der Waals surface area contributed by atoms with Crippen LogP contribution in [-0.4, -0.2) is 26.0 Å². The third kappa shape index (κ3) is 9.68. The number of rotatable bonds is 14. The zero-order valence-corrected chi connectivity index (χ0v) is 20.6. The van der Waals surface area contributed by atoms with E-state index in [1.807, 2.05) is 30.3 Å². The summed E-state index contributed by atoms with van der Waals surface area (Å²) in [4.78, 5) is 40.0. The molecule has 8 nitrogen and oxygen atoms in total. The van der Waals surface area contributed by atoms with Gasteiger partial charge in [-0.2, -0.15) is 0 Å². The number of urea groups is 1. The van der Waals surface area contributed by atoms with Crippen LogP contribution < -0.4 is 16.2 Å². The molecule has 186 valence electrons. The first kappa shape index (κ1) is 26.1. The van der Waals surface area contributed by atoms with E-state index in [0.717, 1.165) is 36.2 Å². The number of aromatic nitrogens is 4. The average molecular weight is 477 g/mol. The Morgan fingerprint density at radius 2 is 1.66 bits per heavy atom. The summed E-state index contributed by atoms with van der Waals surface area (Å²) in [7, 11) is 0. The number of carbonyl (C=O) groups is 1. The number of H-pyrrole nitrogens is 1. The van der Waals surface area contributed by atoms with Gasteiger partial charge in [0.1, 0.15) is 0 Å². The first-order valence-electron chi connectivity index (χ1n) is 12.7. The predicted molar refractivity (Wildman–Crippen MR) is 139 cm³/mol. The second kappa shape index (κ2) is 14.7. The Labute approximate surface area is 207 Å². The lowest BCUT2D eigenvalue weighted by atomic mass is 10.1. The number of carbonyl (C=O) groups excluding carboxylic acids is 1. The Morgan fingerprint density at radius 1 is 0.914 bits per heavy atom. The van der Waals surface area contributed by atoms with Crippen LogP contribution in [0.15, 0.2) is 53.6 Å². The molecule has 0 fully saturated rings. The van der Waals surface area contributed by atoms with Crippen LogP contribution in [-0.2, 0) is 13.0 Å². The summed E-state index contributed by atoms with van der Waals surface area (Å²) in [6.07, 6.45) is 15.3. The van der Waals surface area contributed by atoms with Gasteiger partial charge in [-0.25, -0.2) is 9.78 Å². The molecular formula is C27H36N6O2. The number of unbranched alkanes of at least 4 members (excludes halogenated alkanes) is 8. The summed E-state index contributed by atoms with van der Waals surface area (Å²) in [6.45, 7) is 2.53. The van der Waals surface area contributed by atoms with Crippen molar-refractivity contribution in [2.75, 3.05) is 5.32 Å². The molecule has 0 aliphatic carbocycles. The molecule has 8 heteroatoms. The number of hydrogen-bond acceptors (Lipinski definition) is 5. The van der Waals surface area contributed by atoms with Crippen LogP contribution in [0.25, 0.3) is 11.4 Å². The SMILES string of the molecule is CCCCCCCCCCCc1cc(=O)[nH]c(NC(=O)NCc2ccc(-c3ccccn3)nc2)n1. The standard InChI is InChI=1S/C27H36N6O2/c1-2-3-4-5-6-7-8-9-10-13-22-18-25(34)32-26(31-22)33-27(35)30-20-21-15-16-24(29-19-21)23-14-11-12-17-28-23/h11-12,14-19H,2-10,13,20H2,1H3,(H3,30,31,32,33,34,35). The molecule has 0 spiro atoms. The van der Waals surface area contributed by atoms with Crippen molar-refractivity contribution in [2.24, 2.45) is 0 Å². The summed E-state index contributed by atoms with van der Waals surface area (Å²) in [5.41, 5.74) is 2.84. The third-order valence-electron chi connectivity index (χ3n) is 5.77. The number of aromatic amines is 1. The van der Waals surface area contributed by atoms with E-state index in [-0.39, 0.29) is 11.5 Å². The molecule has 35 heavy (non-hydrogen) atoms. The normalized spacial score (nSPS) is 10.8. The zero-order chi connectivity index (χ0) is 24.7. The molecule has 3 heterocycles. The molecule has 0 aromatic carbocycles. The molecule has 0 radical (unpaired) electrons. The minimum absolute atomic E-state index is 0.157. The molecule has 0 atom stereocenters. The number of amides is 2. The maximum Gasteiger partial charge on any atom is 0.321 e. The number of nitrogens with zero attached hydrogens (tertiary/aromatic N) is 3. The Bertz CT molecular complexity index is 1080. The second-order valence-electron chi connectivity index (χ2n) is 8.74. The van der Waals surface area contributed by atoms with E-state index in [1.54, 1.807) is 12.4 Å². The highest BCUT2D eigenvalue weighted by Gasteiger charge is 2.07. The van der Waals surface area contributed by atoms with Crippen LogP contribution in [0.3, 0.4) is 0 Å². The van der Waals surface area contributed by atoms with Crippen LogP contribution in [0.5, 0.6) is 0 Å². The molecule has 3 N–H and O–H groups in total. The second-order valence-corrected chi connectivity index (χ2v) is 8.74. The van der Waals surface area contributed by atoms with Crippen LogP contribution >= 0.6 is 0 Å². The van der Waals surface area contributed by atoms with E-state index in [9.17, 15) is 9.59 Å². The summed E-state index contributed by atoms with van der Waals surface area (Å²) in [5.74, 6) is 0.157. The van der Waals surface area contributed by atoms with Gasteiger partial charge >= 0.3 is 6.03 Å². The number of anilines is 1. The number of hydrogen-bond donors (Lipinski definition) is 3. The zero-order valence-electron chi connectivity index (χ0n) is 20.6. The Morgan fingerprint density at radius 3 is 2.34 bits per heavy atom. The van der Waals surface area contributed by atoms with Gasteiger partial charge in [0.2, 0.25) is 5.95 Å². The summed E-state index contributed by atoms with van der Waals surface area (Å²) < 4.78 is 0. The first-order valence-corrected chi connectivity index (χ1v) is 12.7. The maximum atomic E-state index is 12.3. The lowest BCUT2D eigenvalue weighted by molar-refractivity contribution is 0.251. The van der Waals surface area contributed by atoms with E-state index in [0.29, 0.717) is 12.2 Å². The molecule has 0 bridgehead atoms. The van der Waals surface area contributed by atoms with Gasteiger partial charge in [0.05, 0.1) is 11.4 Å². The highest BCUT2D eigenvalue weighted by molar-refractivity contribution is 5.87. The third-order valence-corrected chi connectivity index (χ3v) is 5.77. The quantitative estimate of drug-likeness (QED) is 0.261. The van der Waals surface area contributed by atoms with Gasteiger partial charge in [-0.05, 0) is 36.6 Å². The smallest absolute Gasteiger partial charge is 0.321 e.